The number of hydrogen-bond donors (Lipinski definition) is 19. The molecule has 4 fully saturated rings. The lowest BCUT2D eigenvalue weighted by atomic mass is 10.0. The zero-order valence-electron chi connectivity index (χ0n) is 54.1. The third-order valence-corrected chi connectivity index (χ3v) is 22.9. The van der Waals surface area contributed by atoms with Crippen LogP contribution in [0.4, 0.5) is 0 Å². The molecule has 4 aliphatic rings. The monoisotopic (exact) mass is 1530 g/mol. The second-order valence-corrected chi connectivity index (χ2v) is 31.1. The number of rotatable bonds is 13. The third kappa shape index (κ3) is 25.9. The highest BCUT2D eigenvalue weighted by Crippen LogP contribution is 2.28. The molecule has 552 valence electrons. The Hall–Kier alpha value is -8.42. The molecule has 0 aromatic heterocycles. The maximum atomic E-state index is 15.1. The number of aliphatic hydroxyl groups excluding tert-OH is 1. The van der Waals surface area contributed by atoms with Crippen molar-refractivity contribution in [2.75, 3.05) is 47.6 Å². The summed E-state index contributed by atoms with van der Waals surface area (Å²) in [5.74, 6) is -21.7. The number of nitrogens with zero attached hydrogens (tertiary/aromatic N) is 1. The van der Waals surface area contributed by atoms with Gasteiger partial charge in [0.15, 0.2) is 0 Å². The Morgan fingerprint density at radius 1 is 0.574 bits per heavy atom. The van der Waals surface area contributed by atoms with Crippen molar-refractivity contribution in [3.8, 4) is 11.5 Å². The summed E-state index contributed by atoms with van der Waals surface area (Å²) in [5, 5.41) is 80.4. The number of carbonyl (C=O) groups is 16. The van der Waals surface area contributed by atoms with Crippen molar-refractivity contribution in [3.05, 3.63) is 59.7 Å². The fourth-order valence-electron chi connectivity index (χ4n) is 10.0. The quantitative estimate of drug-likeness (QED) is 0.0656. The first kappa shape index (κ1) is 81.5. The first-order chi connectivity index (χ1) is 47.9. The number of benzene rings is 2. The van der Waals surface area contributed by atoms with Crippen LogP contribution in [0.2, 0.25) is 0 Å². The predicted molar refractivity (Wildman–Crippen MR) is 371 cm³/mol. The lowest BCUT2D eigenvalue weighted by molar-refractivity contribution is -0.143. The van der Waals surface area contributed by atoms with Crippen LogP contribution in [-0.4, -0.2) is 257 Å². The number of carbonyl (C=O) groups excluding carboxylic acids is 14. The fourth-order valence-corrected chi connectivity index (χ4v) is 17.0. The molecule has 0 saturated carbocycles. The second-order valence-electron chi connectivity index (χ2n) is 23.5. The summed E-state index contributed by atoms with van der Waals surface area (Å²) in [5.41, 5.74) is 12.6. The van der Waals surface area contributed by atoms with Gasteiger partial charge in [0.1, 0.15) is 84.0 Å². The van der Waals surface area contributed by atoms with Gasteiger partial charge in [0.2, 0.25) is 82.7 Å². The minimum Gasteiger partial charge on any atom is -0.508 e. The van der Waals surface area contributed by atoms with Gasteiger partial charge in [0.25, 0.3) is 0 Å². The molecule has 2 aromatic carbocycles. The molecule has 101 heavy (non-hydrogen) atoms. The number of phenols is 2. The Kier molecular flexibility index (Phi) is 32.1. The van der Waals surface area contributed by atoms with Crippen LogP contribution in [0.25, 0.3) is 0 Å². The number of nitrogens with one attached hydrogen (secondary N) is 12. The average Bonchev–Trinajstić information content (AvgIpc) is 1.75. The minimum absolute atomic E-state index is 0.00937. The normalized spacial score (nSPS) is 27.3. The molecule has 0 spiro atoms. The van der Waals surface area contributed by atoms with Crippen LogP contribution in [0.3, 0.4) is 0 Å². The Labute approximate surface area is 600 Å². The van der Waals surface area contributed by atoms with Crippen LogP contribution >= 0.6 is 64.8 Å². The van der Waals surface area contributed by atoms with E-state index in [9.17, 15) is 92.7 Å². The van der Waals surface area contributed by atoms with E-state index in [0.717, 1.165) is 76.6 Å². The molecule has 4 aliphatic heterocycles. The van der Waals surface area contributed by atoms with Crippen molar-refractivity contribution in [2.45, 2.75) is 143 Å². The zero-order valence-corrected chi connectivity index (χ0v) is 59.0. The van der Waals surface area contributed by atoms with Crippen molar-refractivity contribution in [1.82, 2.24) is 68.7 Å². The molecule has 14 amide bonds. The number of fused-ring (bicyclic) bond motifs is 20. The minimum atomic E-state index is -1.93. The molecule has 4 heterocycles. The van der Waals surface area contributed by atoms with Gasteiger partial charge >= 0.3 is 11.9 Å². The Balaban J connectivity index is 1.56. The van der Waals surface area contributed by atoms with Gasteiger partial charge in [0.05, 0.1) is 25.1 Å². The van der Waals surface area contributed by atoms with E-state index >= 15 is 9.59 Å². The molecule has 0 aliphatic carbocycles. The van der Waals surface area contributed by atoms with E-state index in [1.165, 1.54) is 55.5 Å². The molecule has 0 radical (unpaired) electrons. The van der Waals surface area contributed by atoms with Crippen LogP contribution in [-0.2, 0) is 89.6 Å². The van der Waals surface area contributed by atoms with E-state index < -0.39 is 240 Å². The van der Waals surface area contributed by atoms with Gasteiger partial charge in [-0.15, -0.1) is 0 Å². The summed E-state index contributed by atoms with van der Waals surface area (Å²) in [6.07, 6.45) is -4.71. The molecule has 4 bridgehead atoms. The van der Waals surface area contributed by atoms with Gasteiger partial charge in [-0.2, -0.15) is 0 Å². The standard InChI is InChI=1S/C59H79N15O21S6/c1-26-47(82)69-41-25-101-99-22-38-52(87)65-33(13-14-45(80)81)49(84)66-34(16-28-5-9-30(76)10-6-28)50(85)71-40(54(89)72-39(23-97-96-20-32(60)48(83)70-38)53(88)67-35(18-43(61)78)58(93)74-15-3-4-42(74)56(91)63-26)24-100-98-21-37(64-44(79)19-62-57(92)46(27(2)75)73-55(41)90)51(86)68-36(59(94)95)17-29-7-11-31(77)12-8-29/h5-12,26-27,32-42,46,75-77H,3-4,13-25,60H2,1-2H3,(H2,61,78)(H,62,92)(H,63,91)(H,64,79)(H,65,87)(H,66,84)(H,67,88)(H,68,86)(H,69,82)(H,70,83)(H,71,85)(H,72,89)(H,73,90)(H,80,81)(H,94,95)/t26-,27+,32-,33?,34?,35-,36?,37-,38-,39-,40-,41-,42-,46-/m0/s1. The molecule has 36 nitrogen and oxygen atoms in total. The molecular formula is C59H79N15O21S6. The number of carboxylic acid groups (broad SMARTS) is 2. The first-order valence-corrected chi connectivity index (χ1v) is 38.7. The van der Waals surface area contributed by atoms with E-state index in [1.54, 1.807) is 0 Å². The number of aromatic hydroxyl groups is 2. The van der Waals surface area contributed by atoms with Gasteiger partial charge in [-0.25, -0.2) is 4.79 Å². The highest BCUT2D eigenvalue weighted by Gasteiger charge is 2.42. The van der Waals surface area contributed by atoms with Gasteiger partial charge < -0.3 is 106 Å². The van der Waals surface area contributed by atoms with E-state index in [2.05, 4.69) is 63.8 Å². The molecule has 3 unspecified atom stereocenters. The number of nitrogens with two attached hydrogens (primary N) is 2. The summed E-state index contributed by atoms with van der Waals surface area (Å²) in [4.78, 5) is 227. The topological polar surface area (TPSA) is 574 Å². The molecule has 2 aromatic rings. The van der Waals surface area contributed by atoms with Crippen LogP contribution in [0.5, 0.6) is 11.5 Å². The second kappa shape index (κ2) is 39.7. The summed E-state index contributed by atoms with van der Waals surface area (Å²) in [6, 6.07) is -11.7. The number of carboxylic acids is 2. The van der Waals surface area contributed by atoms with E-state index in [1.807, 2.05) is 0 Å². The zero-order chi connectivity index (χ0) is 74.2. The number of phenolic OH excluding ortho intramolecular Hbond substituents is 2. The summed E-state index contributed by atoms with van der Waals surface area (Å²) in [6.45, 7) is 1.18. The summed E-state index contributed by atoms with van der Waals surface area (Å²) < 4.78 is 0. The van der Waals surface area contributed by atoms with Crippen LogP contribution in [0.1, 0.15) is 57.1 Å². The summed E-state index contributed by atoms with van der Waals surface area (Å²) >= 11 is 0. The molecule has 14 atom stereocenters. The Morgan fingerprint density at radius 3 is 1.61 bits per heavy atom. The molecule has 21 N–H and O–H groups in total. The number of aliphatic carboxylic acids is 2. The largest absolute Gasteiger partial charge is 0.508 e. The Bertz CT molecular complexity index is 3400. The van der Waals surface area contributed by atoms with Crippen molar-refractivity contribution < 1.29 is 102 Å². The van der Waals surface area contributed by atoms with E-state index in [4.69, 9.17) is 11.5 Å². The van der Waals surface area contributed by atoms with Gasteiger partial charge in [-0.1, -0.05) is 89.0 Å². The maximum absolute atomic E-state index is 15.1. The van der Waals surface area contributed by atoms with Crippen molar-refractivity contribution in [3.63, 3.8) is 0 Å². The first-order valence-electron chi connectivity index (χ1n) is 31.2. The predicted octanol–water partition coefficient (Wildman–Crippen LogP) is -5.94. The van der Waals surface area contributed by atoms with Crippen molar-refractivity contribution in [2.24, 2.45) is 11.5 Å². The van der Waals surface area contributed by atoms with Gasteiger partial charge in [-0.05, 0) is 68.5 Å². The number of amides is 14. The Morgan fingerprint density at radius 2 is 1.06 bits per heavy atom. The highest BCUT2D eigenvalue weighted by molar-refractivity contribution is 8.77. The third-order valence-electron chi connectivity index (χ3n) is 15.6. The molecule has 6 rings (SSSR count). The molecule has 42 heteroatoms. The maximum Gasteiger partial charge on any atom is 0.326 e. The van der Waals surface area contributed by atoms with Crippen LogP contribution in [0, 0.1) is 0 Å². The van der Waals surface area contributed by atoms with Crippen LogP contribution in [0.15, 0.2) is 48.5 Å². The molecule has 4 saturated heterocycles. The van der Waals surface area contributed by atoms with Crippen molar-refractivity contribution in [1.29, 1.82) is 0 Å². The van der Waals surface area contributed by atoms with E-state index in [-0.39, 0.29) is 48.6 Å². The van der Waals surface area contributed by atoms with Crippen molar-refractivity contribution >= 4 is 159 Å². The van der Waals surface area contributed by atoms with Gasteiger partial charge in [-0.3, -0.25) is 71.9 Å². The number of primary amides is 1. The SMILES string of the molecule is C[C@@H]1NC(=O)[C@@H]2CCCN2C(=O)[C@H](CC(N)=O)NC(=O)[C@@H]2CSSC[C@H](N)C(=O)N[C@H]3CSSC[C@H](NC1=O)C(=O)N[C@@H]([C@@H](C)O)C(=O)NCC(=O)N[C@H](C(=O)NC(Cc1ccc(O)cc1)C(=O)O)CSSC[C@H](NC(=O)C(Cc1ccc(O)cc1)NC(=O)C(CCC(=O)O)NC3=O)C(=O)N2. The smallest absolute Gasteiger partial charge is 0.326 e. The fraction of sp³-hybridized carbons (Fsp3) is 0.525. The average molecular weight is 1530 g/mol. The number of aliphatic hydroxyl groups is 1. The lowest BCUT2D eigenvalue weighted by Gasteiger charge is -2.30. The number of hydrogen-bond acceptors (Lipinski definition) is 26. The van der Waals surface area contributed by atoms with Gasteiger partial charge in [0, 0.05) is 60.3 Å². The lowest BCUT2D eigenvalue weighted by Crippen LogP contribution is -2.61. The summed E-state index contributed by atoms with van der Waals surface area (Å²) in [7, 11) is 4.74. The molecular weight excluding hydrogens is 1450 g/mol. The highest BCUT2D eigenvalue weighted by atomic mass is 33.1. The van der Waals surface area contributed by atoms with Crippen LogP contribution < -0.4 is 75.3 Å². The van der Waals surface area contributed by atoms with E-state index in [0.29, 0.717) is 5.56 Å².